The Morgan fingerprint density at radius 1 is 1.33 bits per heavy atom. The Morgan fingerprint density at radius 3 is 2.27 bits per heavy atom. The van der Waals surface area contributed by atoms with Gasteiger partial charge in [-0.1, -0.05) is 12.1 Å². The molecule has 4 nitrogen and oxygen atoms in total. The zero-order chi connectivity index (χ0) is 11.5. The zero-order valence-electron chi connectivity index (χ0n) is 9.20. The molecule has 15 heavy (non-hydrogen) atoms. The quantitative estimate of drug-likeness (QED) is 0.775. The largest absolute Gasteiger partial charge is 0.412 e. The van der Waals surface area contributed by atoms with Crippen molar-refractivity contribution in [3.63, 3.8) is 0 Å². The number of amides is 1. The van der Waals surface area contributed by atoms with Gasteiger partial charge in [0.05, 0.1) is 0 Å². The number of benzene rings is 1. The second kappa shape index (κ2) is 4.31. The first-order chi connectivity index (χ1) is 6.93. The van der Waals surface area contributed by atoms with E-state index >= 15 is 0 Å². The highest BCUT2D eigenvalue weighted by Crippen LogP contribution is 2.20. The van der Waals surface area contributed by atoms with Crippen LogP contribution >= 0.6 is 0 Å². The maximum atomic E-state index is 10.9. The van der Waals surface area contributed by atoms with Gasteiger partial charge in [0.15, 0.2) is 0 Å². The summed E-state index contributed by atoms with van der Waals surface area (Å²) in [6, 6.07) is 7.13. The lowest BCUT2D eigenvalue weighted by Crippen LogP contribution is -2.28. The van der Waals surface area contributed by atoms with Crippen LogP contribution in [0, 0.1) is 0 Å². The van der Waals surface area contributed by atoms with Gasteiger partial charge in [-0.25, -0.2) is 4.79 Å². The number of carbonyl (C=O) groups excluding carboxylic acids is 1. The van der Waals surface area contributed by atoms with Crippen LogP contribution < -0.4 is 15.8 Å². The fourth-order valence-corrected chi connectivity index (χ4v) is 1.11. The highest BCUT2D eigenvalue weighted by molar-refractivity contribution is 5.69. The smallest absolute Gasteiger partial charge is 0.410 e. The highest BCUT2D eigenvalue weighted by Gasteiger charge is 2.13. The molecule has 0 aliphatic rings. The van der Waals surface area contributed by atoms with E-state index in [-0.39, 0.29) is 5.54 Å². The SMILES string of the molecule is CNC(=O)Oc1ccc(C(C)(C)N)cc1. The van der Waals surface area contributed by atoms with E-state index in [0.29, 0.717) is 5.75 Å². The van der Waals surface area contributed by atoms with E-state index < -0.39 is 6.09 Å². The van der Waals surface area contributed by atoms with E-state index in [9.17, 15) is 4.79 Å². The highest BCUT2D eigenvalue weighted by atomic mass is 16.5. The second-order valence-electron chi connectivity index (χ2n) is 3.89. The van der Waals surface area contributed by atoms with Crippen LogP contribution in [0.1, 0.15) is 19.4 Å². The molecule has 0 saturated carbocycles. The molecule has 1 rings (SSSR count). The molecule has 0 atom stereocenters. The lowest BCUT2D eigenvalue weighted by molar-refractivity contribution is 0.203. The molecule has 0 saturated heterocycles. The number of hydrogen-bond acceptors (Lipinski definition) is 3. The van der Waals surface area contributed by atoms with Gasteiger partial charge in [0.1, 0.15) is 5.75 Å². The Morgan fingerprint density at radius 2 is 1.87 bits per heavy atom. The molecule has 1 aromatic rings. The van der Waals surface area contributed by atoms with E-state index in [2.05, 4.69) is 5.32 Å². The van der Waals surface area contributed by atoms with Gasteiger partial charge >= 0.3 is 6.09 Å². The Kier molecular flexibility index (Phi) is 3.31. The average molecular weight is 208 g/mol. The summed E-state index contributed by atoms with van der Waals surface area (Å²) >= 11 is 0. The first-order valence-electron chi connectivity index (χ1n) is 4.72. The molecule has 0 spiro atoms. The molecule has 3 N–H and O–H groups in total. The van der Waals surface area contributed by atoms with Crippen molar-refractivity contribution in [1.29, 1.82) is 0 Å². The van der Waals surface area contributed by atoms with Gasteiger partial charge in [0.25, 0.3) is 0 Å². The van der Waals surface area contributed by atoms with Crippen molar-refractivity contribution in [3.05, 3.63) is 29.8 Å². The van der Waals surface area contributed by atoms with Gasteiger partial charge < -0.3 is 15.8 Å². The summed E-state index contributed by atoms with van der Waals surface area (Å²) in [5, 5.41) is 2.37. The van der Waals surface area contributed by atoms with E-state index in [1.54, 1.807) is 12.1 Å². The van der Waals surface area contributed by atoms with Crippen molar-refractivity contribution < 1.29 is 9.53 Å². The minimum atomic E-state index is -0.477. The minimum Gasteiger partial charge on any atom is -0.410 e. The first kappa shape index (κ1) is 11.5. The molecule has 0 heterocycles. The summed E-state index contributed by atoms with van der Waals surface area (Å²) in [6.45, 7) is 3.84. The van der Waals surface area contributed by atoms with Crippen molar-refractivity contribution in [2.45, 2.75) is 19.4 Å². The first-order valence-corrected chi connectivity index (χ1v) is 4.72. The summed E-state index contributed by atoms with van der Waals surface area (Å²) in [7, 11) is 1.51. The van der Waals surface area contributed by atoms with Crippen LogP contribution in [0.15, 0.2) is 24.3 Å². The molecule has 0 bridgehead atoms. The van der Waals surface area contributed by atoms with Gasteiger partial charge in [-0.15, -0.1) is 0 Å². The van der Waals surface area contributed by atoms with Crippen LogP contribution in [0.3, 0.4) is 0 Å². The molecule has 1 amide bonds. The predicted molar refractivity (Wildman–Crippen MR) is 58.7 cm³/mol. The predicted octanol–water partition coefficient (Wildman–Crippen LogP) is 1.60. The van der Waals surface area contributed by atoms with Gasteiger partial charge in [0, 0.05) is 12.6 Å². The summed E-state index contributed by atoms with van der Waals surface area (Å²) in [6.07, 6.45) is -0.477. The minimum absolute atomic E-state index is 0.383. The molecule has 1 aromatic carbocycles. The fourth-order valence-electron chi connectivity index (χ4n) is 1.11. The van der Waals surface area contributed by atoms with E-state index in [1.165, 1.54) is 7.05 Å². The zero-order valence-corrected chi connectivity index (χ0v) is 9.20. The van der Waals surface area contributed by atoms with Crippen LogP contribution in [0.2, 0.25) is 0 Å². The van der Waals surface area contributed by atoms with Crippen LogP contribution in [-0.4, -0.2) is 13.1 Å². The Labute approximate surface area is 89.4 Å². The van der Waals surface area contributed by atoms with Gasteiger partial charge in [-0.2, -0.15) is 0 Å². The number of hydrogen-bond donors (Lipinski definition) is 2. The molecule has 0 unspecified atom stereocenters. The standard InChI is InChI=1S/C11H16N2O2/c1-11(2,12)8-4-6-9(7-5-8)15-10(14)13-3/h4-7H,12H2,1-3H3,(H,13,14). The topological polar surface area (TPSA) is 64.3 Å². The van der Waals surface area contributed by atoms with Crippen molar-refractivity contribution >= 4 is 6.09 Å². The molecule has 0 aliphatic carbocycles. The van der Waals surface area contributed by atoms with Crippen molar-refractivity contribution in [2.75, 3.05) is 7.05 Å². The number of nitrogens with two attached hydrogens (primary N) is 1. The molecule has 0 fully saturated rings. The van der Waals surface area contributed by atoms with Crippen LogP contribution in [0.5, 0.6) is 5.75 Å². The summed E-state index contributed by atoms with van der Waals surface area (Å²) in [5.41, 5.74) is 6.52. The lowest BCUT2D eigenvalue weighted by Gasteiger charge is -2.19. The van der Waals surface area contributed by atoms with E-state index in [1.807, 2.05) is 26.0 Å². The average Bonchev–Trinajstić information content (AvgIpc) is 2.17. The molecular formula is C11H16N2O2. The second-order valence-corrected chi connectivity index (χ2v) is 3.89. The van der Waals surface area contributed by atoms with Crippen LogP contribution in [0.25, 0.3) is 0 Å². The molecule has 4 heteroatoms. The number of rotatable bonds is 2. The van der Waals surface area contributed by atoms with Gasteiger partial charge in [0.2, 0.25) is 0 Å². The van der Waals surface area contributed by atoms with Gasteiger partial charge in [-0.3, -0.25) is 0 Å². The Hall–Kier alpha value is -1.55. The molecule has 0 radical (unpaired) electrons. The molecule has 0 aromatic heterocycles. The molecule has 82 valence electrons. The molecular weight excluding hydrogens is 192 g/mol. The van der Waals surface area contributed by atoms with Crippen LogP contribution in [-0.2, 0) is 5.54 Å². The van der Waals surface area contributed by atoms with Crippen molar-refractivity contribution in [3.8, 4) is 5.75 Å². The third kappa shape index (κ3) is 3.25. The summed E-state index contributed by atoms with van der Waals surface area (Å²) in [4.78, 5) is 10.9. The van der Waals surface area contributed by atoms with Crippen LogP contribution in [0.4, 0.5) is 4.79 Å². The third-order valence-corrected chi connectivity index (χ3v) is 2.01. The fraction of sp³-hybridized carbons (Fsp3) is 0.364. The Bertz CT molecular complexity index is 339. The Balaban J connectivity index is 2.77. The monoisotopic (exact) mass is 208 g/mol. The normalized spacial score (nSPS) is 10.9. The van der Waals surface area contributed by atoms with Crippen molar-refractivity contribution in [2.24, 2.45) is 5.73 Å². The van der Waals surface area contributed by atoms with Crippen molar-refractivity contribution in [1.82, 2.24) is 5.32 Å². The third-order valence-electron chi connectivity index (χ3n) is 2.01. The van der Waals surface area contributed by atoms with Gasteiger partial charge in [-0.05, 0) is 31.5 Å². The summed E-state index contributed by atoms with van der Waals surface area (Å²) in [5.74, 6) is 0.502. The van der Waals surface area contributed by atoms with E-state index in [0.717, 1.165) is 5.56 Å². The maximum absolute atomic E-state index is 10.9. The number of nitrogens with one attached hydrogen (secondary N) is 1. The number of carbonyl (C=O) groups is 1. The maximum Gasteiger partial charge on any atom is 0.412 e. The van der Waals surface area contributed by atoms with E-state index in [4.69, 9.17) is 10.5 Å². The summed E-state index contributed by atoms with van der Waals surface area (Å²) < 4.78 is 4.94. The molecule has 0 aliphatic heterocycles. The lowest BCUT2D eigenvalue weighted by atomic mass is 9.96. The number of ether oxygens (including phenoxy) is 1.